The van der Waals surface area contributed by atoms with Gasteiger partial charge in [0.15, 0.2) is 5.82 Å². The molecule has 0 aromatic carbocycles. The molecule has 3 heterocycles. The number of carbonyl (C=O) groups is 1. The lowest BCUT2D eigenvalue weighted by atomic mass is 10.1. The molecule has 2 aliphatic carbocycles. The molecular formula is C19H20N6O2. The molecule has 3 aromatic rings. The minimum atomic E-state index is -0.500. The van der Waals surface area contributed by atoms with Crippen LogP contribution < -0.4 is 10.6 Å². The summed E-state index contributed by atoms with van der Waals surface area (Å²) in [4.78, 5) is 30.4. The van der Waals surface area contributed by atoms with Crippen LogP contribution in [-0.2, 0) is 5.54 Å². The van der Waals surface area contributed by atoms with Crippen LogP contribution in [0.2, 0.25) is 0 Å². The fraction of sp³-hybridized carbons (Fsp3) is 0.421. The predicted molar refractivity (Wildman–Crippen MR) is 98.2 cm³/mol. The quantitative estimate of drug-likeness (QED) is 0.717. The van der Waals surface area contributed by atoms with E-state index in [1.165, 1.54) is 6.33 Å². The van der Waals surface area contributed by atoms with Gasteiger partial charge >= 0.3 is 0 Å². The average Bonchev–Trinajstić information content (AvgIpc) is 3.56. The summed E-state index contributed by atoms with van der Waals surface area (Å²) in [6.45, 7) is 3.91. The smallest absolute Gasteiger partial charge is 0.256 e. The topological polar surface area (TPSA) is 106 Å². The molecule has 0 unspecified atom stereocenters. The molecule has 2 fully saturated rings. The second-order valence-corrected chi connectivity index (χ2v) is 7.73. The van der Waals surface area contributed by atoms with Gasteiger partial charge in [-0.15, -0.1) is 0 Å². The fourth-order valence-corrected chi connectivity index (χ4v) is 3.37. The molecule has 0 bridgehead atoms. The van der Waals surface area contributed by atoms with E-state index in [1.54, 1.807) is 25.4 Å². The molecule has 0 atom stereocenters. The molecule has 5 rings (SSSR count). The highest BCUT2D eigenvalue weighted by Crippen LogP contribution is 2.44. The number of furan rings is 1. The molecule has 0 spiro atoms. The van der Waals surface area contributed by atoms with Crippen molar-refractivity contribution in [2.75, 3.05) is 5.32 Å². The first-order valence-corrected chi connectivity index (χ1v) is 9.12. The molecular weight excluding hydrogens is 344 g/mol. The van der Waals surface area contributed by atoms with E-state index in [-0.39, 0.29) is 11.4 Å². The van der Waals surface area contributed by atoms with E-state index in [2.05, 4.69) is 37.5 Å². The summed E-state index contributed by atoms with van der Waals surface area (Å²) in [6, 6.07) is 1.77. The van der Waals surface area contributed by atoms with Crippen LogP contribution in [0.15, 0.2) is 29.2 Å². The first-order valence-electron chi connectivity index (χ1n) is 9.12. The van der Waals surface area contributed by atoms with Crippen LogP contribution in [0.1, 0.15) is 54.5 Å². The minimum Gasteiger partial charge on any atom is -0.442 e. The highest BCUT2D eigenvalue weighted by molar-refractivity contribution is 6.10. The zero-order valence-electron chi connectivity index (χ0n) is 15.2. The van der Waals surface area contributed by atoms with Crippen LogP contribution in [0.4, 0.5) is 5.82 Å². The number of rotatable bonds is 5. The van der Waals surface area contributed by atoms with Gasteiger partial charge in [0, 0.05) is 17.9 Å². The van der Waals surface area contributed by atoms with Crippen LogP contribution in [-0.4, -0.2) is 31.4 Å². The molecule has 27 heavy (non-hydrogen) atoms. The molecule has 0 radical (unpaired) electrons. The van der Waals surface area contributed by atoms with Crippen LogP contribution >= 0.6 is 0 Å². The lowest BCUT2D eigenvalue weighted by Crippen LogP contribution is -2.36. The van der Waals surface area contributed by atoms with E-state index in [0.29, 0.717) is 34.1 Å². The molecule has 8 nitrogen and oxygen atoms in total. The van der Waals surface area contributed by atoms with Crippen molar-refractivity contribution in [1.82, 2.24) is 25.3 Å². The summed E-state index contributed by atoms with van der Waals surface area (Å²) in [5, 5.41) is 7.19. The summed E-state index contributed by atoms with van der Waals surface area (Å²) >= 11 is 0. The number of aromatic nitrogens is 4. The van der Waals surface area contributed by atoms with Gasteiger partial charge in [-0.25, -0.2) is 19.9 Å². The molecule has 3 aromatic heterocycles. The lowest BCUT2D eigenvalue weighted by Gasteiger charge is -2.16. The van der Waals surface area contributed by atoms with Crippen molar-refractivity contribution in [1.29, 1.82) is 0 Å². The van der Waals surface area contributed by atoms with Crippen molar-refractivity contribution < 1.29 is 9.21 Å². The largest absolute Gasteiger partial charge is 0.442 e. The summed E-state index contributed by atoms with van der Waals surface area (Å²) in [7, 11) is 0. The van der Waals surface area contributed by atoms with Crippen LogP contribution in [0.3, 0.4) is 0 Å². The Bertz CT molecular complexity index is 1040. The van der Waals surface area contributed by atoms with Crippen molar-refractivity contribution in [3.05, 3.63) is 41.9 Å². The zero-order valence-corrected chi connectivity index (χ0v) is 15.2. The van der Waals surface area contributed by atoms with Gasteiger partial charge in [-0.1, -0.05) is 0 Å². The molecule has 2 N–H and O–H groups in total. The number of nitrogens with zero attached hydrogens (tertiary/aromatic N) is 4. The number of fused-ring (bicyclic) bond motifs is 1. The number of anilines is 1. The number of carbonyl (C=O) groups excluding carboxylic acids is 1. The third-order valence-electron chi connectivity index (χ3n) is 5.41. The van der Waals surface area contributed by atoms with Crippen molar-refractivity contribution in [2.24, 2.45) is 0 Å². The zero-order chi connectivity index (χ0) is 18.6. The molecule has 8 heteroatoms. The second-order valence-electron chi connectivity index (χ2n) is 7.73. The molecule has 2 saturated carbocycles. The molecule has 1 amide bonds. The number of aryl methyl sites for hydroxylation is 1. The van der Waals surface area contributed by atoms with E-state index >= 15 is 0 Å². The van der Waals surface area contributed by atoms with Crippen molar-refractivity contribution >= 4 is 22.8 Å². The summed E-state index contributed by atoms with van der Waals surface area (Å²) in [5.74, 6) is 1.60. The van der Waals surface area contributed by atoms with Gasteiger partial charge < -0.3 is 15.1 Å². The minimum absolute atomic E-state index is 0.0236. The fourth-order valence-electron chi connectivity index (χ4n) is 3.37. The van der Waals surface area contributed by atoms with Gasteiger partial charge in [0.2, 0.25) is 5.71 Å². The van der Waals surface area contributed by atoms with Crippen LogP contribution in [0.5, 0.6) is 0 Å². The Labute approximate surface area is 155 Å². The standard InChI is InChI=1S/C19H20N6O2/c1-11-12(15(26)25-19(6-7-19)17-20-8-3-9-21-17)13-14(24-18(2)4-5-18)22-10-23-16(13)27-11/h3,8-10H,4-7H2,1-2H3,(H,25,26)(H,22,23,24). The van der Waals surface area contributed by atoms with Gasteiger partial charge in [-0.2, -0.15) is 0 Å². The van der Waals surface area contributed by atoms with Crippen molar-refractivity contribution in [2.45, 2.75) is 50.6 Å². The maximum atomic E-state index is 13.2. The van der Waals surface area contributed by atoms with Gasteiger partial charge in [0.1, 0.15) is 23.4 Å². The maximum Gasteiger partial charge on any atom is 0.256 e. The van der Waals surface area contributed by atoms with E-state index < -0.39 is 5.54 Å². The molecule has 0 saturated heterocycles. The summed E-state index contributed by atoms with van der Waals surface area (Å²) in [5.41, 5.74) is 0.412. The first kappa shape index (κ1) is 16.2. The molecule has 138 valence electrons. The molecule has 2 aliphatic rings. The van der Waals surface area contributed by atoms with Gasteiger partial charge in [0.25, 0.3) is 5.91 Å². The molecule has 0 aliphatic heterocycles. The third-order valence-corrected chi connectivity index (χ3v) is 5.41. The highest BCUT2D eigenvalue weighted by Gasteiger charge is 2.49. The maximum absolute atomic E-state index is 13.2. The highest BCUT2D eigenvalue weighted by atomic mass is 16.3. The average molecular weight is 364 g/mol. The summed E-state index contributed by atoms with van der Waals surface area (Å²) < 4.78 is 5.75. The number of nitrogens with one attached hydrogen (secondary N) is 2. The van der Waals surface area contributed by atoms with Crippen LogP contribution in [0.25, 0.3) is 11.1 Å². The lowest BCUT2D eigenvalue weighted by molar-refractivity contribution is 0.0928. The Morgan fingerprint density at radius 2 is 1.85 bits per heavy atom. The Hall–Kier alpha value is -3.03. The normalized spacial score (nSPS) is 18.9. The Morgan fingerprint density at radius 1 is 1.11 bits per heavy atom. The third kappa shape index (κ3) is 2.72. The first-order chi connectivity index (χ1) is 13.0. The Kier molecular flexibility index (Phi) is 3.28. The SMILES string of the molecule is Cc1oc2ncnc(NC3(C)CC3)c2c1C(=O)NC1(c2ncccn2)CC1. The van der Waals surface area contributed by atoms with Crippen molar-refractivity contribution in [3.8, 4) is 0 Å². The Balaban J connectivity index is 1.53. The van der Waals surface area contributed by atoms with E-state index in [4.69, 9.17) is 4.42 Å². The van der Waals surface area contributed by atoms with E-state index in [0.717, 1.165) is 25.7 Å². The van der Waals surface area contributed by atoms with Gasteiger partial charge in [-0.05, 0) is 45.6 Å². The van der Waals surface area contributed by atoms with E-state index in [9.17, 15) is 4.79 Å². The van der Waals surface area contributed by atoms with Crippen LogP contribution in [0, 0.1) is 6.92 Å². The number of hydrogen-bond donors (Lipinski definition) is 2. The summed E-state index contributed by atoms with van der Waals surface area (Å²) in [6.07, 6.45) is 8.63. The number of hydrogen-bond acceptors (Lipinski definition) is 7. The monoisotopic (exact) mass is 364 g/mol. The predicted octanol–water partition coefficient (Wildman–Crippen LogP) is 2.70. The Morgan fingerprint density at radius 3 is 2.52 bits per heavy atom. The van der Waals surface area contributed by atoms with Crippen molar-refractivity contribution in [3.63, 3.8) is 0 Å². The second kappa shape index (κ2) is 5.48. The van der Waals surface area contributed by atoms with E-state index in [1.807, 2.05) is 0 Å². The van der Waals surface area contributed by atoms with Gasteiger partial charge in [-0.3, -0.25) is 4.79 Å². The van der Waals surface area contributed by atoms with Gasteiger partial charge in [0.05, 0.1) is 10.9 Å². The number of amides is 1.